The number of hydrogen-bond donors (Lipinski definition) is 0. The molecule has 0 bridgehead atoms. The summed E-state index contributed by atoms with van der Waals surface area (Å²) in [4.78, 5) is 3.49. The molecule has 3 rings (SSSR count). The lowest BCUT2D eigenvalue weighted by molar-refractivity contribution is 1.26. The van der Waals surface area contributed by atoms with Crippen molar-refractivity contribution in [1.82, 2.24) is 0 Å². The monoisotopic (exact) mass is 205 g/mol. The van der Waals surface area contributed by atoms with Crippen molar-refractivity contribution in [3.63, 3.8) is 0 Å². The van der Waals surface area contributed by atoms with E-state index in [1.54, 1.807) is 0 Å². The summed E-state index contributed by atoms with van der Waals surface area (Å²) in [5, 5.41) is 0. The van der Waals surface area contributed by atoms with Crippen LogP contribution in [0.15, 0.2) is 36.4 Å². The Morgan fingerprint density at radius 3 is 2.44 bits per heavy atom. The van der Waals surface area contributed by atoms with E-state index in [1.165, 1.54) is 27.8 Å². The van der Waals surface area contributed by atoms with Gasteiger partial charge >= 0.3 is 0 Å². The fraction of sp³-hybridized carbons (Fsp3) is 0.133. The summed E-state index contributed by atoms with van der Waals surface area (Å²) in [7, 11) is 0. The summed E-state index contributed by atoms with van der Waals surface area (Å²) in [5.74, 6) is 0. The van der Waals surface area contributed by atoms with E-state index in [1.807, 2.05) is 12.1 Å². The first kappa shape index (κ1) is 9.18. The van der Waals surface area contributed by atoms with E-state index < -0.39 is 0 Å². The maximum atomic E-state index is 7.06. The van der Waals surface area contributed by atoms with Gasteiger partial charge in [0.15, 0.2) is 5.69 Å². The highest BCUT2D eigenvalue weighted by atomic mass is 14.6. The normalized spacial score (nSPS) is 11.8. The van der Waals surface area contributed by atoms with E-state index in [9.17, 15) is 0 Å². The first-order valence-corrected chi connectivity index (χ1v) is 5.38. The second-order valence-corrected chi connectivity index (χ2v) is 4.29. The molecule has 0 unspecified atom stereocenters. The molecule has 0 amide bonds. The van der Waals surface area contributed by atoms with Crippen LogP contribution in [0.25, 0.3) is 16.0 Å². The SMILES string of the molecule is [C-]#[N+]c1ccc2c(c1)-c1cc(C)ccc1C2. The van der Waals surface area contributed by atoms with Crippen LogP contribution in [0.4, 0.5) is 5.69 Å². The lowest BCUT2D eigenvalue weighted by atomic mass is 10.0. The zero-order valence-electron chi connectivity index (χ0n) is 9.12. The van der Waals surface area contributed by atoms with Gasteiger partial charge in [0, 0.05) is 0 Å². The van der Waals surface area contributed by atoms with Crippen molar-refractivity contribution in [3.05, 3.63) is 64.5 Å². The van der Waals surface area contributed by atoms with E-state index >= 15 is 0 Å². The average molecular weight is 205 g/mol. The Hall–Kier alpha value is -2.07. The van der Waals surface area contributed by atoms with Gasteiger partial charge in [-0.25, -0.2) is 4.85 Å². The minimum Gasteiger partial charge on any atom is -0.238 e. The molecular formula is C15H11N. The molecule has 1 aliphatic carbocycles. The van der Waals surface area contributed by atoms with Crippen LogP contribution in [0.5, 0.6) is 0 Å². The van der Waals surface area contributed by atoms with Gasteiger partial charge in [0.25, 0.3) is 0 Å². The van der Waals surface area contributed by atoms with Crippen LogP contribution in [0, 0.1) is 13.5 Å². The third-order valence-electron chi connectivity index (χ3n) is 3.16. The molecule has 0 saturated heterocycles. The predicted molar refractivity (Wildman–Crippen MR) is 65.7 cm³/mol. The molecule has 76 valence electrons. The van der Waals surface area contributed by atoms with E-state index in [-0.39, 0.29) is 0 Å². The van der Waals surface area contributed by atoms with Crippen LogP contribution in [0.1, 0.15) is 16.7 Å². The molecular weight excluding hydrogens is 194 g/mol. The van der Waals surface area contributed by atoms with Gasteiger partial charge in [-0.05, 0) is 41.7 Å². The van der Waals surface area contributed by atoms with Gasteiger partial charge in [0.05, 0.1) is 6.57 Å². The zero-order chi connectivity index (χ0) is 11.1. The lowest BCUT2D eigenvalue weighted by Crippen LogP contribution is -1.80. The number of rotatable bonds is 0. The van der Waals surface area contributed by atoms with Gasteiger partial charge in [-0.3, -0.25) is 0 Å². The Bertz CT molecular complexity index is 618. The fourth-order valence-corrected chi connectivity index (χ4v) is 2.34. The number of fused-ring (bicyclic) bond motifs is 3. The molecule has 2 aromatic rings. The van der Waals surface area contributed by atoms with Gasteiger partial charge in [-0.2, -0.15) is 0 Å². The third kappa shape index (κ3) is 1.24. The summed E-state index contributed by atoms with van der Waals surface area (Å²) >= 11 is 0. The Balaban J connectivity index is 2.26. The Morgan fingerprint density at radius 2 is 1.69 bits per heavy atom. The van der Waals surface area contributed by atoms with Gasteiger partial charge in [-0.15, -0.1) is 0 Å². The van der Waals surface area contributed by atoms with Crippen molar-refractivity contribution >= 4 is 5.69 Å². The quantitative estimate of drug-likeness (QED) is 0.486. The molecule has 1 nitrogen and oxygen atoms in total. The zero-order valence-corrected chi connectivity index (χ0v) is 9.12. The number of hydrogen-bond acceptors (Lipinski definition) is 0. The van der Waals surface area contributed by atoms with Crippen LogP contribution in [-0.4, -0.2) is 0 Å². The molecule has 0 heterocycles. The van der Waals surface area contributed by atoms with Crippen LogP contribution in [0.2, 0.25) is 0 Å². The number of nitrogens with zero attached hydrogens (tertiary/aromatic N) is 1. The molecule has 0 spiro atoms. The minimum atomic E-state index is 0.730. The van der Waals surface area contributed by atoms with E-state index in [4.69, 9.17) is 6.57 Å². The first-order valence-electron chi connectivity index (χ1n) is 5.38. The third-order valence-corrected chi connectivity index (χ3v) is 3.16. The van der Waals surface area contributed by atoms with Crippen LogP contribution < -0.4 is 0 Å². The summed E-state index contributed by atoms with van der Waals surface area (Å²) in [6.45, 7) is 9.17. The maximum absolute atomic E-state index is 7.06. The van der Waals surface area contributed by atoms with Crippen LogP contribution in [0.3, 0.4) is 0 Å². The standard InChI is InChI=1S/C15H11N/c1-10-3-4-11-8-12-5-6-13(16-2)9-15(12)14(11)7-10/h3-7,9H,8H2,1H3. The van der Waals surface area contributed by atoms with E-state index in [2.05, 4.69) is 36.0 Å². The largest absolute Gasteiger partial charge is 0.238 e. The summed E-state index contributed by atoms with van der Waals surface area (Å²) in [6, 6.07) is 12.6. The molecule has 0 fully saturated rings. The van der Waals surface area contributed by atoms with Crippen molar-refractivity contribution < 1.29 is 0 Å². The molecule has 0 N–H and O–H groups in total. The highest BCUT2D eigenvalue weighted by molar-refractivity contribution is 5.80. The van der Waals surface area contributed by atoms with Crippen LogP contribution in [-0.2, 0) is 6.42 Å². The van der Waals surface area contributed by atoms with Crippen molar-refractivity contribution in [3.8, 4) is 11.1 Å². The second kappa shape index (κ2) is 3.21. The van der Waals surface area contributed by atoms with Gasteiger partial charge in [-0.1, -0.05) is 35.9 Å². The lowest BCUT2D eigenvalue weighted by Gasteiger charge is -2.02. The molecule has 0 atom stereocenters. The summed E-state index contributed by atoms with van der Waals surface area (Å²) < 4.78 is 0. The summed E-state index contributed by atoms with van der Waals surface area (Å²) in [5.41, 5.74) is 7.27. The van der Waals surface area contributed by atoms with Gasteiger partial charge < -0.3 is 0 Å². The average Bonchev–Trinajstić information content (AvgIpc) is 2.66. The van der Waals surface area contributed by atoms with Crippen molar-refractivity contribution in [1.29, 1.82) is 0 Å². The molecule has 0 aliphatic heterocycles. The highest BCUT2D eigenvalue weighted by Crippen LogP contribution is 2.38. The van der Waals surface area contributed by atoms with Crippen molar-refractivity contribution in [2.24, 2.45) is 0 Å². The molecule has 0 saturated carbocycles. The molecule has 2 aromatic carbocycles. The van der Waals surface area contributed by atoms with Crippen LogP contribution >= 0.6 is 0 Å². The highest BCUT2D eigenvalue weighted by Gasteiger charge is 2.18. The fourth-order valence-electron chi connectivity index (χ4n) is 2.34. The molecule has 1 aliphatic rings. The molecule has 0 radical (unpaired) electrons. The Labute approximate surface area is 95.2 Å². The minimum absolute atomic E-state index is 0.730. The number of benzene rings is 2. The van der Waals surface area contributed by atoms with E-state index in [0.717, 1.165) is 12.1 Å². The van der Waals surface area contributed by atoms with Gasteiger partial charge in [0.2, 0.25) is 0 Å². The second-order valence-electron chi connectivity index (χ2n) is 4.29. The first-order chi connectivity index (χ1) is 7.78. The molecule has 1 heteroatoms. The van der Waals surface area contributed by atoms with Crippen molar-refractivity contribution in [2.45, 2.75) is 13.3 Å². The predicted octanol–water partition coefficient (Wildman–Crippen LogP) is 4.12. The Morgan fingerprint density at radius 1 is 1.00 bits per heavy atom. The maximum Gasteiger partial charge on any atom is 0.187 e. The Kier molecular flexibility index (Phi) is 1.84. The van der Waals surface area contributed by atoms with Gasteiger partial charge in [0.1, 0.15) is 0 Å². The topological polar surface area (TPSA) is 4.36 Å². The van der Waals surface area contributed by atoms with E-state index in [0.29, 0.717) is 0 Å². The molecule has 0 aromatic heterocycles. The smallest absolute Gasteiger partial charge is 0.187 e. The molecule has 16 heavy (non-hydrogen) atoms. The summed E-state index contributed by atoms with van der Waals surface area (Å²) in [6.07, 6.45) is 1.00. The number of aryl methyl sites for hydroxylation is 1. The van der Waals surface area contributed by atoms with Crippen molar-refractivity contribution in [2.75, 3.05) is 0 Å².